The van der Waals surface area contributed by atoms with Crippen LogP contribution in [0.5, 0.6) is 0 Å². The summed E-state index contributed by atoms with van der Waals surface area (Å²) in [6, 6.07) is 6.17. The van der Waals surface area contributed by atoms with Crippen molar-refractivity contribution in [2.24, 2.45) is 0 Å². The van der Waals surface area contributed by atoms with E-state index < -0.39 is 17.4 Å². The first-order valence-electron chi connectivity index (χ1n) is 6.25. The lowest BCUT2D eigenvalue weighted by Crippen LogP contribution is -2.17. The van der Waals surface area contributed by atoms with Crippen molar-refractivity contribution in [2.75, 3.05) is 5.73 Å². The molecule has 0 spiro atoms. The first-order valence-corrected chi connectivity index (χ1v) is 7.01. The van der Waals surface area contributed by atoms with Crippen molar-refractivity contribution in [3.63, 3.8) is 0 Å². The van der Waals surface area contributed by atoms with Crippen molar-refractivity contribution < 1.29 is 13.2 Å². The van der Waals surface area contributed by atoms with Crippen LogP contribution < -0.4 is 11.4 Å². The number of hydrogen-bond acceptors (Lipinski definition) is 2. The number of benzene rings is 2. The number of aromatic nitrogens is 2. The SMILES string of the molecule is Nc1cc(C(F)(F)F)c2c(c1)[nH]c(=O)n2-c1ccc(Cl)cc1Cl. The maximum atomic E-state index is 13.3. The van der Waals surface area contributed by atoms with Crippen molar-refractivity contribution in [1.82, 2.24) is 9.55 Å². The maximum absolute atomic E-state index is 13.3. The summed E-state index contributed by atoms with van der Waals surface area (Å²) in [6.07, 6.45) is -4.69. The molecule has 3 rings (SSSR count). The first-order chi connectivity index (χ1) is 10.7. The Morgan fingerprint density at radius 3 is 2.43 bits per heavy atom. The second-order valence-electron chi connectivity index (χ2n) is 4.82. The molecule has 0 unspecified atom stereocenters. The van der Waals surface area contributed by atoms with Crippen LogP contribution in [-0.2, 0) is 6.18 Å². The van der Waals surface area contributed by atoms with Gasteiger partial charge in [-0.25, -0.2) is 4.79 Å². The lowest BCUT2D eigenvalue weighted by atomic mass is 10.1. The van der Waals surface area contributed by atoms with E-state index in [1.165, 1.54) is 24.3 Å². The number of alkyl halides is 3. The maximum Gasteiger partial charge on any atom is 0.418 e. The largest absolute Gasteiger partial charge is 0.418 e. The Morgan fingerprint density at radius 2 is 1.83 bits per heavy atom. The van der Waals surface area contributed by atoms with Crippen LogP contribution >= 0.6 is 23.2 Å². The predicted octanol–water partition coefficient (Wildman–Crippen LogP) is 4.23. The molecule has 0 fully saturated rings. The van der Waals surface area contributed by atoms with E-state index in [2.05, 4.69) is 4.98 Å². The van der Waals surface area contributed by atoms with Crippen LogP contribution in [0.1, 0.15) is 5.56 Å². The fourth-order valence-corrected chi connectivity index (χ4v) is 2.87. The van der Waals surface area contributed by atoms with E-state index in [4.69, 9.17) is 28.9 Å². The Hall–Kier alpha value is -2.12. The van der Waals surface area contributed by atoms with Gasteiger partial charge >= 0.3 is 11.9 Å². The lowest BCUT2D eigenvalue weighted by Gasteiger charge is -2.13. The van der Waals surface area contributed by atoms with E-state index in [0.29, 0.717) is 5.02 Å². The number of halogens is 5. The fourth-order valence-electron chi connectivity index (χ4n) is 2.37. The Bertz CT molecular complexity index is 976. The van der Waals surface area contributed by atoms with E-state index in [9.17, 15) is 18.0 Å². The smallest absolute Gasteiger partial charge is 0.399 e. The summed E-state index contributed by atoms with van der Waals surface area (Å²) >= 11 is 11.8. The highest BCUT2D eigenvalue weighted by Gasteiger charge is 2.35. The number of nitrogen functional groups attached to an aromatic ring is 1. The van der Waals surface area contributed by atoms with E-state index in [-0.39, 0.29) is 27.4 Å². The number of nitrogens with one attached hydrogen (secondary N) is 1. The summed E-state index contributed by atoms with van der Waals surface area (Å²) in [4.78, 5) is 14.5. The summed E-state index contributed by atoms with van der Waals surface area (Å²) in [5.74, 6) is 0. The van der Waals surface area contributed by atoms with Gasteiger partial charge in [-0.2, -0.15) is 13.2 Å². The summed E-state index contributed by atoms with van der Waals surface area (Å²) in [5, 5.41) is 0.345. The molecule has 2 aromatic carbocycles. The molecule has 3 N–H and O–H groups in total. The molecule has 0 aliphatic rings. The van der Waals surface area contributed by atoms with Crippen molar-refractivity contribution in [3.05, 3.63) is 56.4 Å². The molecule has 120 valence electrons. The van der Waals surface area contributed by atoms with Gasteiger partial charge < -0.3 is 10.7 Å². The van der Waals surface area contributed by atoms with E-state index in [1.807, 2.05) is 0 Å². The van der Waals surface area contributed by atoms with Crippen LogP contribution in [0.4, 0.5) is 18.9 Å². The average molecular weight is 362 g/mol. The quantitative estimate of drug-likeness (QED) is 0.637. The number of nitrogens with two attached hydrogens (primary N) is 1. The molecule has 1 heterocycles. The fraction of sp³-hybridized carbons (Fsp3) is 0.0714. The molecule has 0 saturated carbocycles. The summed E-state index contributed by atoms with van der Waals surface area (Å²) in [5.41, 5.74) is 3.29. The number of nitrogens with zero attached hydrogens (tertiary/aromatic N) is 1. The molecule has 4 nitrogen and oxygen atoms in total. The lowest BCUT2D eigenvalue weighted by molar-refractivity contribution is -0.136. The Kier molecular flexibility index (Phi) is 3.57. The average Bonchev–Trinajstić information content (AvgIpc) is 2.72. The number of anilines is 1. The normalized spacial score (nSPS) is 12.0. The minimum atomic E-state index is -4.69. The van der Waals surface area contributed by atoms with Gasteiger partial charge in [0.25, 0.3) is 0 Å². The zero-order chi connectivity index (χ0) is 16.9. The number of H-pyrrole nitrogens is 1. The number of imidazole rings is 1. The third kappa shape index (κ3) is 2.66. The van der Waals surface area contributed by atoms with Gasteiger partial charge in [-0.1, -0.05) is 23.2 Å². The number of hydrogen-bond donors (Lipinski definition) is 2. The van der Waals surface area contributed by atoms with Gasteiger partial charge in [0.05, 0.1) is 27.3 Å². The topological polar surface area (TPSA) is 63.8 Å². The van der Waals surface area contributed by atoms with E-state index in [1.54, 1.807) is 0 Å². The van der Waals surface area contributed by atoms with Gasteiger partial charge in [-0.15, -0.1) is 0 Å². The summed E-state index contributed by atoms with van der Waals surface area (Å²) in [6.45, 7) is 0. The van der Waals surface area contributed by atoms with Gasteiger partial charge in [-0.05, 0) is 30.3 Å². The molecule has 0 bridgehead atoms. The highest BCUT2D eigenvalue weighted by molar-refractivity contribution is 6.35. The second-order valence-corrected chi connectivity index (χ2v) is 5.67. The van der Waals surface area contributed by atoms with Gasteiger partial charge in [0.1, 0.15) is 0 Å². The molecule has 3 aromatic rings. The van der Waals surface area contributed by atoms with Crippen LogP contribution in [0.15, 0.2) is 35.1 Å². The minimum absolute atomic E-state index is 0.0339. The highest BCUT2D eigenvalue weighted by Crippen LogP contribution is 2.37. The zero-order valence-corrected chi connectivity index (χ0v) is 12.7. The van der Waals surface area contributed by atoms with Gasteiger partial charge in [0.2, 0.25) is 0 Å². The van der Waals surface area contributed by atoms with Crippen molar-refractivity contribution in [2.45, 2.75) is 6.18 Å². The first kappa shape index (κ1) is 15.8. The van der Waals surface area contributed by atoms with Gasteiger partial charge in [-0.3, -0.25) is 4.57 Å². The molecule has 9 heteroatoms. The van der Waals surface area contributed by atoms with Crippen molar-refractivity contribution in [3.8, 4) is 5.69 Å². The van der Waals surface area contributed by atoms with Crippen LogP contribution in [0.2, 0.25) is 10.0 Å². The van der Waals surface area contributed by atoms with Gasteiger partial charge in [0, 0.05) is 10.7 Å². The highest BCUT2D eigenvalue weighted by atomic mass is 35.5. The predicted molar refractivity (Wildman–Crippen MR) is 83.3 cm³/mol. The molecule has 0 saturated heterocycles. The second kappa shape index (κ2) is 5.21. The molecule has 0 aliphatic carbocycles. The number of fused-ring (bicyclic) bond motifs is 1. The summed E-state index contributed by atoms with van der Waals surface area (Å²) in [7, 11) is 0. The van der Waals surface area contributed by atoms with Crippen LogP contribution in [0, 0.1) is 0 Å². The monoisotopic (exact) mass is 361 g/mol. The molecule has 23 heavy (non-hydrogen) atoms. The molecule has 0 aliphatic heterocycles. The molecular weight excluding hydrogens is 354 g/mol. The van der Waals surface area contributed by atoms with Crippen LogP contribution in [0.3, 0.4) is 0 Å². The third-order valence-corrected chi connectivity index (χ3v) is 3.79. The van der Waals surface area contributed by atoms with E-state index >= 15 is 0 Å². The van der Waals surface area contributed by atoms with Crippen LogP contribution in [-0.4, -0.2) is 9.55 Å². The molecular formula is C14H8Cl2F3N3O. The summed E-state index contributed by atoms with van der Waals surface area (Å²) < 4.78 is 40.8. The standard InChI is InChI=1S/C14H8Cl2F3N3O/c15-6-1-2-11(9(16)3-6)22-12-8(14(17,18)19)4-7(20)5-10(12)21-13(22)23/h1-5H,20H2,(H,21,23). The van der Waals surface area contributed by atoms with Gasteiger partial charge in [0.15, 0.2) is 0 Å². The molecule has 1 aromatic heterocycles. The third-order valence-electron chi connectivity index (χ3n) is 3.26. The minimum Gasteiger partial charge on any atom is -0.399 e. The van der Waals surface area contributed by atoms with Crippen LogP contribution in [0.25, 0.3) is 16.7 Å². The Morgan fingerprint density at radius 1 is 1.13 bits per heavy atom. The molecule has 0 amide bonds. The number of rotatable bonds is 1. The molecule has 0 atom stereocenters. The van der Waals surface area contributed by atoms with Crippen molar-refractivity contribution in [1.29, 1.82) is 0 Å². The zero-order valence-electron chi connectivity index (χ0n) is 11.2. The molecule has 0 radical (unpaired) electrons. The number of aromatic amines is 1. The van der Waals surface area contributed by atoms with E-state index in [0.717, 1.165) is 10.6 Å². The Labute approximate surface area is 137 Å². The Balaban J connectivity index is 2.47. The van der Waals surface area contributed by atoms with Crippen molar-refractivity contribution >= 4 is 39.9 Å².